The number of aldehydes is 1. The first-order valence-corrected chi connectivity index (χ1v) is 20.7. The Labute approximate surface area is 324 Å². The number of hydrogen-bond donors (Lipinski definition) is 1. The molecule has 54 heavy (non-hydrogen) atoms. The summed E-state index contributed by atoms with van der Waals surface area (Å²) in [5.74, 6) is 4.93. The van der Waals surface area contributed by atoms with Crippen LogP contribution in [0.2, 0.25) is 0 Å². The lowest BCUT2D eigenvalue weighted by atomic mass is 9.68. The molecule has 0 bridgehead atoms. The van der Waals surface area contributed by atoms with Crippen molar-refractivity contribution in [2.45, 2.75) is 128 Å². The van der Waals surface area contributed by atoms with Gasteiger partial charge in [0.2, 0.25) is 0 Å². The van der Waals surface area contributed by atoms with Gasteiger partial charge >= 0.3 is 11.9 Å². The predicted octanol–water partition coefficient (Wildman–Crippen LogP) is 10.8. The highest BCUT2D eigenvalue weighted by atomic mass is 16.5. The largest absolute Gasteiger partial charge is 0.497 e. The third kappa shape index (κ3) is 14.0. The Bertz CT molecular complexity index is 1430. The first-order valence-electron chi connectivity index (χ1n) is 20.7. The van der Waals surface area contributed by atoms with Crippen LogP contribution in [0.4, 0.5) is 0 Å². The van der Waals surface area contributed by atoms with E-state index in [1.54, 1.807) is 7.11 Å². The number of ether oxygens (including phenoxy) is 4. The van der Waals surface area contributed by atoms with Crippen molar-refractivity contribution in [3.8, 4) is 17.2 Å². The standard InChI is InChI=1S/C30H43NO3.C16H22O4/c1-2-3-21-4-8-23(9-5-21)24-12-14-25(15-13-24)27-16-17-29(28(18-27)19-31)34-30(33)26-10-6-22(20-32)7-11-26;1-3-16(17)20-13-7-5-4-6-12-19-15-10-8-14(18-2)9-11-15/h16-26,31H,2-15H2,1H3;3,8-11H,1,4-7,12-13H2,2H3. The van der Waals surface area contributed by atoms with Crippen LogP contribution in [0, 0.1) is 35.0 Å². The van der Waals surface area contributed by atoms with Crippen molar-refractivity contribution < 1.29 is 33.3 Å². The summed E-state index contributed by atoms with van der Waals surface area (Å²) in [4.78, 5) is 34.4. The lowest BCUT2D eigenvalue weighted by Crippen LogP contribution is -2.26. The van der Waals surface area contributed by atoms with Gasteiger partial charge in [0.15, 0.2) is 0 Å². The summed E-state index contributed by atoms with van der Waals surface area (Å²) in [6, 6.07) is 13.6. The molecule has 3 aliphatic rings. The zero-order valence-corrected chi connectivity index (χ0v) is 32.9. The van der Waals surface area contributed by atoms with E-state index in [0.29, 0.717) is 43.3 Å². The van der Waals surface area contributed by atoms with E-state index in [1.807, 2.05) is 30.3 Å². The Morgan fingerprint density at radius 1 is 0.796 bits per heavy atom. The van der Waals surface area contributed by atoms with E-state index in [-0.39, 0.29) is 23.8 Å². The van der Waals surface area contributed by atoms with Crippen LogP contribution in [0.5, 0.6) is 17.2 Å². The molecule has 2 aromatic carbocycles. The van der Waals surface area contributed by atoms with E-state index in [4.69, 9.17) is 24.4 Å². The highest BCUT2D eigenvalue weighted by molar-refractivity contribution is 5.85. The third-order valence-electron chi connectivity index (χ3n) is 12.0. The molecular weight excluding hydrogens is 679 g/mol. The monoisotopic (exact) mass is 743 g/mol. The molecule has 0 amide bonds. The van der Waals surface area contributed by atoms with Gasteiger partial charge in [0, 0.05) is 23.8 Å². The van der Waals surface area contributed by atoms with Gasteiger partial charge in [-0.2, -0.15) is 0 Å². The highest BCUT2D eigenvalue weighted by Gasteiger charge is 2.32. The fourth-order valence-electron chi connectivity index (χ4n) is 8.64. The van der Waals surface area contributed by atoms with E-state index in [1.165, 1.54) is 82.1 Å². The van der Waals surface area contributed by atoms with Gasteiger partial charge in [-0.1, -0.05) is 45.3 Å². The Kier molecular flexibility index (Phi) is 18.8. The molecule has 0 radical (unpaired) electrons. The molecule has 0 atom stereocenters. The molecule has 0 unspecified atom stereocenters. The van der Waals surface area contributed by atoms with Crippen LogP contribution >= 0.6 is 0 Å². The van der Waals surface area contributed by atoms with Gasteiger partial charge in [-0.3, -0.25) is 4.79 Å². The quantitative estimate of drug-likeness (QED) is 0.0404. The van der Waals surface area contributed by atoms with Gasteiger partial charge in [0.1, 0.15) is 23.5 Å². The maximum atomic E-state index is 12.7. The first-order chi connectivity index (χ1) is 26.4. The van der Waals surface area contributed by atoms with Crippen LogP contribution in [0.15, 0.2) is 55.1 Å². The molecule has 296 valence electrons. The van der Waals surface area contributed by atoms with Crippen molar-refractivity contribution in [3.05, 3.63) is 66.2 Å². The number of nitrogens with one attached hydrogen (secondary N) is 1. The van der Waals surface area contributed by atoms with Crippen LogP contribution in [0.1, 0.15) is 140 Å². The molecule has 2 aromatic rings. The van der Waals surface area contributed by atoms with Gasteiger partial charge in [-0.25, -0.2) is 4.79 Å². The topological polar surface area (TPSA) is 112 Å². The molecule has 0 saturated heterocycles. The summed E-state index contributed by atoms with van der Waals surface area (Å²) in [6.45, 7) is 6.81. The number of rotatable bonds is 18. The van der Waals surface area contributed by atoms with Crippen LogP contribution < -0.4 is 14.2 Å². The van der Waals surface area contributed by atoms with Crippen molar-refractivity contribution in [1.29, 1.82) is 5.41 Å². The molecule has 8 heteroatoms. The maximum absolute atomic E-state index is 12.7. The average Bonchev–Trinajstić information content (AvgIpc) is 3.22. The van der Waals surface area contributed by atoms with Crippen molar-refractivity contribution in [1.82, 2.24) is 0 Å². The molecule has 3 saturated carbocycles. The van der Waals surface area contributed by atoms with Crippen molar-refractivity contribution in [2.24, 2.45) is 29.6 Å². The molecule has 8 nitrogen and oxygen atoms in total. The molecule has 0 aromatic heterocycles. The van der Waals surface area contributed by atoms with E-state index in [9.17, 15) is 14.4 Å². The average molecular weight is 744 g/mol. The second-order valence-electron chi connectivity index (χ2n) is 15.6. The minimum absolute atomic E-state index is 0.0895. The molecule has 5 rings (SSSR count). The SMILES string of the molecule is C=CC(=O)OCCCCCCOc1ccc(OC)cc1.CCCC1CCC(C2CCC(c3ccc(OC(=O)C4CCC(C=O)CC4)c(C=N)c3)CC2)CC1. The summed E-state index contributed by atoms with van der Waals surface area (Å²) in [5.41, 5.74) is 1.98. The number of carbonyl (C=O) groups is 3. The number of unbranched alkanes of at least 4 members (excludes halogenated alkanes) is 3. The molecule has 0 aliphatic heterocycles. The van der Waals surface area contributed by atoms with Gasteiger partial charge < -0.3 is 29.2 Å². The van der Waals surface area contributed by atoms with Crippen LogP contribution in [-0.2, 0) is 19.1 Å². The first kappa shape index (κ1) is 42.8. The number of hydrogen-bond acceptors (Lipinski definition) is 8. The second-order valence-corrected chi connectivity index (χ2v) is 15.6. The van der Waals surface area contributed by atoms with Crippen molar-refractivity contribution >= 4 is 24.4 Å². The minimum Gasteiger partial charge on any atom is -0.497 e. The summed E-state index contributed by atoms with van der Waals surface area (Å²) in [7, 11) is 1.64. The van der Waals surface area contributed by atoms with Crippen LogP contribution in [0.3, 0.4) is 0 Å². The van der Waals surface area contributed by atoms with Crippen molar-refractivity contribution in [2.75, 3.05) is 20.3 Å². The van der Waals surface area contributed by atoms with Crippen LogP contribution in [0.25, 0.3) is 0 Å². The number of methoxy groups -OCH3 is 1. The normalized spacial score (nSPS) is 23.8. The highest BCUT2D eigenvalue weighted by Crippen LogP contribution is 2.45. The lowest BCUT2D eigenvalue weighted by molar-refractivity contribution is -0.140. The van der Waals surface area contributed by atoms with Gasteiger partial charge in [0.25, 0.3) is 0 Å². The van der Waals surface area contributed by atoms with E-state index < -0.39 is 0 Å². The van der Waals surface area contributed by atoms with Gasteiger partial charge in [-0.05, 0) is 156 Å². The smallest absolute Gasteiger partial charge is 0.330 e. The van der Waals surface area contributed by atoms with E-state index >= 15 is 0 Å². The number of carbonyl (C=O) groups excluding carboxylic acids is 3. The van der Waals surface area contributed by atoms with Crippen molar-refractivity contribution in [3.63, 3.8) is 0 Å². The predicted molar refractivity (Wildman–Crippen MR) is 215 cm³/mol. The Hall–Kier alpha value is -3.94. The summed E-state index contributed by atoms with van der Waals surface area (Å²) in [5, 5.41) is 7.89. The Balaban J connectivity index is 0.000000278. The zero-order valence-electron chi connectivity index (χ0n) is 32.9. The molecule has 1 N–H and O–H groups in total. The zero-order chi connectivity index (χ0) is 38.5. The fraction of sp³-hybridized carbons (Fsp3) is 0.609. The summed E-state index contributed by atoms with van der Waals surface area (Å²) in [6.07, 6.45) is 24.1. The number of esters is 2. The maximum Gasteiger partial charge on any atom is 0.330 e. The Morgan fingerprint density at radius 3 is 2.02 bits per heavy atom. The third-order valence-corrected chi connectivity index (χ3v) is 12.0. The second kappa shape index (κ2) is 23.8. The number of benzene rings is 2. The lowest BCUT2D eigenvalue weighted by Gasteiger charge is -2.38. The van der Waals surface area contributed by atoms with Crippen LogP contribution in [-0.4, -0.2) is 44.8 Å². The summed E-state index contributed by atoms with van der Waals surface area (Å²) >= 11 is 0. The fourth-order valence-corrected chi connectivity index (χ4v) is 8.64. The van der Waals surface area contributed by atoms with Gasteiger partial charge in [0.05, 0.1) is 26.2 Å². The minimum atomic E-state index is -0.354. The molecule has 3 aliphatic carbocycles. The molecule has 0 heterocycles. The Morgan fingerprint density at radius 2 is 1.43 bits per heavy atom. The summed E-state index contributed by atoms with van der Waals surface area (Å²) < 4.78 is 21.3. The van der Waals surface area contributed by atoms with E-state index in [2.05, 4.69) is 25.6 Å². The van der Waals surface area contributed by atoms with Gasteiger partial charge in [-0.15, -0.1) is 0 Å². The molecule has 3 fully saturated rings. The molecular formula is C46H65NO7. The molecule has 0 spiro atoms. The van der Waals surface area contributed by atoms with E-state index in [0.717, 1.165) is 74.1 Å².